The second kappa shape index (κ2) is 13.2. The molecule has 0 aliphatic heterocycles. The molecule has 0 saturated heterocycles. The van der Waals surface area contributed by atoms with Crippen molar-refractivity contribution < 1.29 is 19.1 Å². The highest BCUT2D eigenvalue weighted by molar-refractivity contribution is 5.95. The van der Waals surface area contributed by atoms with Crippen molar-refractivity contribution in [3.05, 3.63) is 122 Å². The third-order valence-corrected chi connectivity index (χ3v) is 6.40. The van der Waals surface area contributed by atoms with Gasteiger partial charge in [0.15, 0.2) is 18.0 Å². The molecule has 42 heavy (non-hydrogen) atoms. The SMILES string of the molecule is C[C@H](Oc1ccccc1)C(=O)Nc1ccc(-c2ncc(-c3ccc(NC(=O)[C@@H](C)Oc4ccccc4)cc3)cn2)cc1. The van der Waals surface area contributed by atoms with Crippen LogP contribution in [0.2, 0.25) is 0 Å². The third-order valence-electron chi connectivity index (χ3n) is 6.40. The number of nitrogens with one attached hydrogen (secondary N) is 2. The Hall–Kier alpha value is -5.50. The van der Waals surface area contributed by atoms with Gasteiger partial charge in [0.1, 0.15) is 11.5 Å². The van der Waals surface area contributed by atoms with E-state index in [-0.39, 0.29) is 11.8 Å². The summed E-state index contributed by atoms with van der Waals surface area (Å²) < 4.78 is 11.4. The molecule has 2 atom stereocenters. The van der Waals surface area contributed by atoms with E-state index in [1.807, 2.05) is 97.1 Å². The quantitative estimate of drug-likeness (QED) is 0.200. The first kappa shape index (κ1) is 28.0. The average Bonchev–Trinajstić information content (AvgIpc) is 3.03. The molecular weight excluding hydrogens is 528 g/mol. The lowest BCUT2D eigenvalue weighted by atomic mass is 10.1. The van der Waals surface area contributed by atoms with Crippen molar-refractivity contribution in [2.45, 2.75) is 26.1 Å². The first-order valence-corrected chi connectivity index (χ1v) is 13.5. The summed E-state index contributed by atoms with van der Waals surface area (Å²) in [6.45, 7) is 3.42. The number of carbonyl (C=O) groups is 2. The Balaban J connectivity index is 1.15. The van der Waals surface area contributed by atoms with Gasteiger partial charge in [-0.1, -0.05) is 48.5 Å². The highest BCUT2D eigenvalue weighted by Gasteiger charge is 2.16. The van der Waals surface area contributed by atoms with Crippen LogP contribution in [0.4, 0.5) is 11.4 Å². The number of amides is 2. The Morgan fingerprint density at radius 1 is 0.548 bits per heavy atom. The number of ether oxygens (including phenoxy) is 2. The minimum atomic E-state index is -0.648. The number of carbonyl (C=O) groups excluding carboxylic acids is 2. The van der Waals surface area contributed by atoms with Gasteiger partial charge in [-0.15, -0.1) is 0 Å². The standard InChI is InChI=1S/C34H30N4O4/c1-23(41-30-9-5-3-6-10-30)33(39)37-28-17-13-25(14-18-28)27-21-35-32(36-22-27)26-15-19-29(20-16-26)38-34(40)24(2)42-31-11-7-4-8-12-31/h3-24H,1-2H3,(H,37,39)(H,38,40)/t23-,24+/m1/s1. The van der Waals surface area contributed by atoms with Crippen molar-refractivity contribution in [2.24, 2.45) is 0 Å². The van der Waals surface area contributed by atoms with Gasteiger partial charge in [-0.3, -0.25) is 9.59 Å². The lowest BCUT2D eigenvalue weighted by molar-refractivity contribution is -0.122. The van der Waals surface area contributed by atoms with Crippen LogP contribution < -0.4 is 20.1 Å². The zero-order valence-corrected chi connectivity index (χ0v) is 23.2. The maximum absolute atomic E-state index is 12.5. The number of nitrogens with zero attached hydrogens (tertiary/aromatic N) is 2. The summed E-state index contributed by atoms with van der Waals surface area (Å²) >= 11 is 0. The van der Waals surface area contributed by atoms with Gasteiger partial charge in [0.2, 0.25) is 0 Å². The monoisotopic (exact) mass is 558 g/mol. The van der Waals surface area contributed by atoms with E-state index in [0.29, 0.717) is 28.7 Å². The van der Waals surface area contributed by atoms with E-state index in [2.05, 4.69) is 20.6 Å². The van der Waals surface area contributed by atoms with Crippen LogP contribution >= 0.6 is 0 Å². The molecule has 8 heteroatoms. The van der Waals surface area contributed by atoms with Crippen molar-refractivity contribution in [1.29, 1.82) is 0 Å². The van der Waals surface area contributed by atoms with Gasteiger partial charge in [-0.2, -0.15) is 0 Å². The Kier molecular flexibility index (Phi) is 8.84. The topological polar surface area (TPSA) is 102 Å². The zero-order valence-electron chi connectivity index (χ0n) is 23.2. The molecule has 4 aromatic carbocycles. The Morgan fingerprint density at radius 2 is 0.952 bits per heavy atom. The number of hydrogen-bond acceptors (Lipinski definition) is 6. The van der Waals surface area contributed by atoms with Crippen LogP contribution in [0.15, 0.2) is 122 Å². The molecule has 0 aliphatic rings. The van der Waals surface area contributed by atoms with E-state index in [1.165, 1.54) is 0 Å². The molecule has 0 bridgehead atoms. The fourth-order valence-corrected chi connectivity index (χ4v) is 4.08. The van der Waals surface area contributed by atoms with Crippen LogP contribution in [-0.2, 0) is 9.59 Å². The van der Waals surface area contributed by atoms with Crippen LogP contribution in [0.5, 0.6) is 11.5 Å². The molecule has 8 nitrogen and oxygen atoms in total. The summed E-state index contributed by atoms with van der Waals surface area (Å²) in [5.41, 5.74) is 3.89. The highest BCUT2D eigenvalue weighted by Crippen LogP contribution is 2.24. The van der Waals surface area contributed by atoms with Crippen molar-refractivity contribution in [3.8, 4) is 34.0 Å². The van der Waals surface area contributed by atoms with E-state index in [0.717, 1.165) is 16.7 Å². The maximum atomic E-state index is 12.5. The highest BCUT2D eigenvalue weighted by atomic mass is 16.5. The largest absolute Gasteiger partial charge is 0.481 e. The minimum absolute atomic E-state index is 0.236. The molecular formula is C34H30N4O4. The lowest BCUT2D eigenvalue weighted by Gasteiger charge is -2.15. The number of hydrogen-bond donors (Lipinski definition) is 2. The molecule has 1 aromatic heterocycles. The first-order valence-electron chi connectivity index (χ1n) is 13.5. The molecule has 0 radical (unpaired) electrons. The lowest BCUT2D eigenvalue weighted by Crippen LogP contribution is -2.30. The molecule has 0 unspecified atom stereocenters. The fourth-order valence-electron chi connectivity index (χ4n) is 4.08. The second-order valence-corrected chi connectivity index (χ2v) is 9.57. The molecule has 2 N–H and O–H groups in total. The third kappa shape index (κ3) is 7.37. The summed E-state index contributed by atoms with van der Waals surface area (Å²) in [6.07, 6.45) is 2.22. The Bertz CT molecular complexity index is 1490. The second-order valence-electron chi connectivity index (χ2n) is 9.57. The fraction of sp³-hybridized carbons (Fsp3) is 0.118. The van der Waals surface area contributed by atoms with Crippen LogP contribution in [0.1, 0.15) is 13.8 Å². The number of benzene rings is 4. The number of para-hydroxylation sites is 2. The van der Waals surface area contributed by atoms with Crippen molar-refractivity contribution in [2.75, 3.05) is 10.6 Å². The summed E-state index contributed by atoms with van der Waals surface area (Å²) in [5, 5.41) is 5.74. The van der Waals surface area contributed by atoms with E-state index in [9.17, 15) is 9.59 Å². The molecule has 0 fully saturated rings. The van der Waals surface area contributed by atoms with E-state index < -0.39 is 12.2 Å². The van der Waals surface area contributed by atoms with Gasteiger partial charge >= 0.3 is 0 Å². The average molecular weight is 559 g/mol. The summed E-state index contributed by atoms with van der Waals surface area (Å²) in [7, 11) is 0. The Labute approximate surface area is 244 Å². The van der Waals surface area contributed by atoms with Gasteiger partial charge in [0.05, 0.1) is 0 Å². The molecule has 0 spiro atoms. The van der Waals surface area contributed by atoms with Crippen molar-refractivity contribution >= 4 is 23.2 Å². The molecule has 210 valence electrons. The predicted molar refractivity (Wildman–Crippen MR) is 163 cm³/mol. The first-order chi connectivity index (χ1) is 20.4. The van der Waals surface area contributed by atoms with Crippen LogP contribution in [0.3, 0.4) is 0 Å². The van der Waals surface area contributed by atoms with Crippen LogP contribution in [-0.4, -0.2) is 34.0 Å². The zero-order chi connectivity index (χ0) is 29.3. The summed E-state index contributed by atoms with van der Waals surface area (Å²) in [4.78, 5) is 34.1. The van der Waals surface area contributed by atoms with Crippen molar-refractivity contribution in [3.63, 3.8) is 0 Å². The Morgan fingerprint density at radius 3 is 1.38 bits per heavy atom. The van der Waals surface area contributed by atoms with Crippen LogP contribution in [0.25, 0.3) is 22.5 Å². The molecule has 5 rings (SSSR count). The molecule has 2 amide bonds. The van der Waals surface area contributed by atoms with Crippen molar-refractivity contribution in [1.82, 2.24) is 9.97 Å². The van der Waals surface area contributed by atoms with E-state index in [1.54, 1.807) is 38.4 Å². The molecule has 1 heterocycles. The maximum Gasteiger partial charge on any atom is 0.265 e. The molecule has 5 aromatic rings. The number of anilines is 2. The smallest absolute Gasteiger partial charge is 0.265 e. The molecule has 0 saturated carbocycles. The van der Waals surface area contributed by atoms with E-state index >= 15 is 0 Å². The van der Waals surface area contributed by atoms with Gasteiger partial charge in [0.25, 0.3) is 11.8 Å². The van der Waals surface area contributed by atoms with Gasteiger partial charge in [-0.25, -0.2) is 9.97 Å². The van der Waals surface area contributed by atoms with Crippen LogP contribution in [0, 0.1) is 0 Å². The van der Waals surface area contributed by atoms with Gasteiger partial charge < -0.3 is 20.1 Å². The normalized spacial score (nSPS) is 12.0. The molecule has 0 aliphatic carbocycles. The van der Waals surface area contributed by atoms with Gasteiger partial charge in [0, 0.05) is 34.9 Å². The summed E-state index contributed by atoms with van der Waals surface area (Å²) in [6, 6.07) is 33.2. The number of aromatic nitrogens is 2. The summed E-state index contributed by atoms with van der Waals surface area (Å²) in [5.74, 6) is 1.36. The minimum Gasteiger partial charge on any atom is -0.481 e. The number of rotatable bonds is 10. The van der Waals surface area contributed by atoms with Gasteiger partial charge in [-0.05, 0) is 80.1 Å². The predicted octanol–water partition coefficient (Wildman–Crippen LogP) is 6.62. The van der Waals surface area contributed by atoms with E-state index in [4.69, 9.17) is 9.47 Å².